The molecule has 0 amide bonds. The zero-order valence-corrected chi connectivity index (χ0v) is 7.73. The minimum Gasteiger partial charge on any atom is -0.505 e. The molecule has 4 nitrogen and oxygen atoms in total. The first kappa shape index (κ1) is 9.95. The van der Waals surface area contributed by atoms with Crippen molar-refractivity contribution in [1.29, 1.82) is 0 Å². The van der Waals surface area contributed by atoms with E-state index in [-0.39, 0.29) is 15.7 Å². The Kier molecular flexibility index (Phi) is 2.54. The molecule has 0 aromatic heterocycles. The smallest absolute Gasteiger partial charge is 0.341 e. The fraction of sp³-hybridized carbons (Fsp3) is 0. The fourth-order valence-corrected chi connectivity index (χ4v) is 1.27. The topological polar surface area (TPSA) is 83.5 Å². The number of halogens is 2. The quantitative estimate of drug-likeness (QED) is 0.501. The number of hydrogen-bond donors (Lipinski definition) is 3. The standard InChI is InChI=1S/C7H5Cl2NO3/c8-2-1-3(10)5(9)4(6(2)11)7(12)13/h1,11H,10H2,(H,12,13). The van der Waals surface area contributed by atoms with Crippen LogP contribution in [0.15, 0.2) is 6.07 Å². The van der Waals surface area contributed by atoms with Crippen LogP contribution in [0.1, 0.15) is 10.4 Å². The number of anilines is 1. The van der Waals surface area contributed by atoms with Gasteiger partial charge in [0, 0.05) is 0 Å². The lowest BCUT2D eigenvalue weighted by atomic mass is 10.2. The molecule has 1 aromatic rings. The number of aromatic hydroxyl groups is 1. The molecule has 0 atom stereocenters. The Labute approximate surface area is 83.5 Å². The van der Waals surface area contributed by atoms with Crippen LogP contribution in [0.2, 0.25) is 10.0 Å². The Hall–Kier alpha value is -1.13. The van der Waals surface area contributed by atoms with Crippen molar-refractivity contribution in [3.63, 3.8) is 0 Å². The van der Waals surface area contributed by atoms with Gasteiger partial charge in [-0.25, -0.2) is 4.79 Å². The van der Waals surface area contributed by atoms with E-state index >= 15 is 0 Å². The summed E-state index contributed by atoms with van der Waals surface area (Å²) in [5, 5.41) is 17.5. The maximum atomic E-state index is 10.6. The molecule has 0 fully saturated rings. The Morgan fingerprint density at radius 2 is 2.00 bits per heavy atom. The van der Waals surface area contributed by atoms with Crippen molar-refractivity contribution in [2.24, 2.45) is 0 Å². The molecule has 6 heteroatoms. The van der Waals surface area contributed by atoms with E-state index < -0.39 is 17.3 Å². The number of nitrogens with two attached hydrogens (primary N) is 1. The number of carbonyl (C=O) groups is 1. The number of carboxylic acid groups (broad SMARTS) is 1. The molecule has 0 aliphatic heterocycles. The van der Waals surface area contributed by atoms with Crippen molar-refractivity contribution in [3.05, 3.63) is 21.7 Å². The van der Waals surface area contributed by atoms with E-state index in [9.17, 15) is 9.90 Å². The van der Waals surface area contributed by atoms with E-state index in [1.807, 2.05) is 0 Å². The zero-order chi connectivity index (χ0) is 10.2. The van der Waals surface area contributed by atoms with Gasteiger partial charge in [0.25, 0.3) is 0 Å². The first-order valence-electron chi connectivity index (χ1n) is 3.15. The van der Waals surface area contributed by atoms with E-state index in [2.05, 4.69) is 0 Å². The SMILES string of the molecule is Nc1cc(Cl)c(O)c(C(=O)O)c1Cl. The summed E-state index contributed by atoms with van der Waals surface area (Å²) in [5.41, 5.74) is 4.87. The van der Waals surface area contributed by atoms with Gasteiger partial charge in [0.05, 0.1) is 15.7 Å². The van der Waals surface area contributed by atoms with Gasteiger partial charge in [0.1, 0.15) is 11.3 Å². The van der Waals surface area contributed by atoms with Crippen LogP contribution in [0.25, 0.3) is 0 Å². The predicted molar refractivity (Wildman–Crippen MR) is 49.5 cm³/mol. The van der Waals surface area contributed by atoms with Gasteiger partial charge < -0.3 is 15.9 Å². The molecule has 0 unspecified atom stereocenters. The van der Waals surface area contributed by atoms with E-state index in [4.69, 9.17) is 34.0 Å². The summed E-state index contributed by atoms with van der Waals surface area (Å²) in [6, 6.07) is 1.19. The first-order chi connectivity index (χ1) is 5.95. The van der Waals surface area contributed by atoms with Gasteiger partial charge in [-0.1, -0.05) is 23.2 Å². The van der Waals surface area contributed by atoms with Crippen LogP contribution in [0.3, 0.4) is 0 Å². The third-order valence-corrected chi connectivity index (χ3v) is 2.13. The maximum absolute atomic E-state index is 10.6. The van der Waals surface area contributed by atoms with Gasteiger partial charge in [0.15, 0.2) is 0 Å². The number of nitrogen functional groups attached to an aromatic ring is 1. The van der Waals surface area contributed by atoms with E-state index in [1.54, 1.807) is 0 Å². The highest BCUT2D eigenvalue weighted by atomic mass is 35.5. The highest BCUT2D eigenvalue weighted by molar-refractivity contribution is 6.39. The third kappa shape index (κ3) is 1.64. The molecule has 1 aromatic carbocycles. The van der Waals surface area contributed by atoms with Crippen molar-refractivity contribution < 1.29 is 15.0 Å². The molecule has 4 N–H and O–H groups in total. The van der Waals surface area contributed by atoms with Gasteiger partial charge in [-0.2, -0.15) is 0 Å². The molecule has 13 heavy (non-hydrogen) atoms. The van der Waals surface area contributed by atoms with Gasteiger partial charge in [-0.15, -0.1) is 0 Å². The summed E-state index contributed by atoms with van der Waals surface area (Å²) in [6.07, 6.45) is 0. The van der Waals surface area contributed by atoms with Crippen LogP contribution >= 0.6 is 23.2 Å². The van der Waals surface area contributed by atoms with Crippen LogP contribution in [-0.2, 0) is 0 Å². The highest BCUT2D eigenvalue weighted by Gasteiger charge is 2.19. The molecule has 0 saturated carbocycles. The predicted octanol–water partition coefficient (Wildman–Crippen LogP) is 1.98. The highest BCUT2D eigenvalue weighted by Crippen LogP contribution is 2.37. The van der Waals surface area contributed by atoms with Crippen LogP contribution < -0.4 is 5.73 Å². The zero-order valence-electron chi connectivity index (χ0n) is 6.21. The average Bonchev–Trinajstić information content (AvgIpc) is 2.01. The number of carboxylic acids is 1. The molecule has 1 rings (SSSR count). The van der Waals surface area contributed by atoms with Crippen molar-refractivity contribution in [3.8, 4) is 5.75 Å². The van der Waals surface area contributed by atoms with Crippen LogP contribution in [-0.4, -0.2) is 16.2 Å². The Morgan fingerprint density at radius 3 is 2.46 bits per heavy atom. The van der Waals surface area contributed by atoms with Gasteiger partial charge >= 0.3 is 5.97 Å². The Morgan fingerprint density at radius 1 is 1.46 bits per heavy atom. The number of phenols is 1. The summed E-state index contributed by atoms with van der Waals surface area (Å²) in [5.74, 6) is -1.95. The maximum Gasteiger partial charge on any atom is 0.341 e. The number of hydrogen-bond acceptors (Lipinski definition) is 3. The van der Waals surface area contributed by atoms with Gasteiger partial charge in [0.2, 0.25) is 0 Å². The van der Waals surface area contributed by atoms with Crippen LogP contribution in [0.5, 0.6) is 5.75 Å². The van der Waals surface area contributed by atoms with Crippen LogP contribution in [0.4, 0.5) is 5.69 Å². The summed E-state index contributed by atoms with van der Waals surface area (Å²) < 4.78 is 0. The molecule has 0 radical (unpaired) electrons. The first-order valence-corrected chi connectivity index (χ1v) is 3.90. The van der Waals surface area contributed by atoms with Crippen molar-refractivity contribution in [1.82, 2.24) is 0 Å². The summed E-state index contributed by atoms with van der Waals surface area (Å²) in [7, 11) is 0. The van der Waals surface area contributed by atoms with E-state index in [0.717, 1.165) is 0 Å². The normalized spacial score (nSPS) is 10.0. The van der Waals surface area contributed by atoms with Gasteiger partial charge in [-0.05, 0) is 6.07 Å². The molecule has 70 valence electrons. The van der Waals surface area contributed by atoms with Gasteiger partial charge in [-0.3, -0.25) is 0 Å². The van der Waals surface area contributed by atoms with E-state index in [1.165, 1.54) is 6.07 Å². The minimum atomic E-state index is -1.38. The lowest BCUT2D eigenvalue weighted by Crippen LogP contribution is -2.01. The Bertz CT molecular complexity index is 352. The van der Waals surface area contributed by atoms with E-state index in [0.29, 0.717) is 0 Å². The van der Waals surface area contributed by atoms with Crippen molar-refractivity contribution in [2.45, 2.75) is 0 Å². The second-order valence-electron chi connectivity index (χ2n) is 2.29. The number of rotatable bonds is 1. The lowest BCUT2D eigenvalue weighted by Gasteiger charge is -2.06. The average molecular weight is 222 g/mol. The number of aromatic carboxylic acids is 1. The fourth-order valence-electron chi connectivity index (χ4n) is 0.831. The molecule has 0 saturated heterocycles. The third-order valence-electron chi connectivity index (χ3n) is 1.43. The minimum absolute atomic E-state index is 0.0156. The lowest BCUT2D eigenvalue weighted by molar-refractivity contribution is 0.0694. The number of benzene rings is 1. The van der Waals surface area contributed by atoms with Crippen molar-refractivity contribution >= 4 is 34.9 Å². The molecule has 0 aliphatic carbocycles. The molecule has 0 spiro atoms. The summed E-state index contributed by atoms with van der Waals surface area (Å²) in [4.78, 5) is 10.6. The molecular formula is C7H5Cl2NO3. The second-order valence-corrected chi connectivity index (χ2v) is 3.08. The Balaban J connectivity index is 3.56. The van der Waals surface area contributed by atoms with Crippen LogP contribution in [0, 0.1) is 0 Å². The molecule has 0 aliphatic rings. The van der Waals surface area contributed by atoms with Crippen molar-refractivity contribution in [2.75, 3.05) is 5.73 Å². The second kappa shape index (κ2) is 3.32. The largest absolute Gasteiger partial charge is 0.505 e. The summed E-state index contributed by atoms with van der Waals surface area (Å²) >= 11 is 11.0. The monoisotopic (exact) mass is 221 g/mol. The molecule has 0 bridgehead atoms. The molecule has 0 heterocycles. The molecular weight excluding hydrogens is 217 g/mol. The summed E-state index contributed by atoms with van der Waals surface area (Å²) in [6.45, 7) is 0.